The number of hydrogen-bond donors (Lipinski definition) is 1. The number of thiol groups is 1. The highest BCUT2D eigenvalue weighted by Crippen LogP contribution is 2.11. The van der Waals surface area contributed by atoms with Crippen molar-refractivity contribution in [3.05, 3.63) is 27.7 Å². The molecular weight excluding hydrogens is 196 g/mol. The molecule has 0 saturated heterocycles. The Morgan fingerprint density at radius 2 is 2.21 bits per heavy atom. The van der Waals surface area contributed by atoms with Crippen LogP contribution in [0.25, 0.3) is 0 Å². The lowest BCUT2D eigenvalue weighted by molar-refractivity contribution is 0.580. The van der Waals surface area contributed by atoms with Crippen molar-refractivity contribution < 1.29 is 0 Å². The van der Waals surface area contributed by atoms with E-state index in [1.807, 2.05) is 13.0 Å². The van der Waals surface area contributed by atoms with Gasteiger partial charge in [0.15, 0.2) is 0 Å². The Morgan fingerprint density at radius 3 is 2.64 bits per heavy atom. The van der Waals surface area contributed by atoms with Crippen LogP contribution in [0.5, 0.6) is 0 Å². The number of aryl methyl sites for hydroxylation is 1. The first-order valence-electron chi connectivity index (χ1n) is 4.82. The first-order valence-corrected chi connectivity index (χ1v) is 5.45. The van der Waals surface area contributed by atoms with Crippen LogP contribution in [0.1, 0.15) is 37.9 Å². The Balaban J connectivity index is 3.32. The second-order valence-electron chi connectivity index (χ2n) is 3.53. The van der Waals surface area contributed by atoms with E-state index in [-0.39, 0.29) is 5.56 Å². The van der Waals surface area contributed by atoms with Crippen molar-refractivity contribution in [3.8, 4) is 0 Å². The number of nitrogens with zero attached hydrogens (tertiary/aromatic N) is 2. The summed E-state index contributed by atoms with van der Waals surface area (Å²) in [7, 11) is 0. The van der Waals surface area contributed by atoms with Crippen LogP contribution in [0, 0.1) is 0 Å². The van der Waals surface area contributed by atoms with Gasteiger partial charge in [0.1, 0.15) is 0 Å². The molecule has 78 valence electrons. The van der Waals surface area contributed by atoms with Crippen LogP contribution in [-0.4, -0.2) is 9.78 Å². The van der Waals surface area contributed by atoms with E-state index in [2.05, 4.69) is 31.6 Å². The van der Waals surface area contributed by atoms with E-state index in [4.69, 9.17) is 0 Å². The third-order valence-electron chi connectivity index (χ3n) is 2.13. The minimum Gasteiger partial charge on any atom is -0.267 e. The lowest BCUT2D eigenvalue weighted by Gasteiger charge is -2.09. The van der Waals surface area contributed by atoms with Gasteiger partial charge in [-0.2, -0.15) is 17.7 Å². The Kier molecular flexibility index (Phi) is 3.75. The van der Waals surface area contributed by atoms with Crippen LogP contribution in [-0.2, 0) is 12.3 Å². The summed E-state index contributed by atoms with van der Waals surface area (Å²) in [6.07, 6.45) is 0. The van der Waals surface area contributed by atoms with E-state index in [1.54, 1.807) is 0 Å². The summed E-state index contributed by atoms with van der Waals surface area (Å²) < 4.78 is 1.50. The molecule has 1 aromatic heterocycles. The standard InChI is InChI=1S/C10H16N2OS/c1-4-12-10(13)8(6-14)5-9(11-12)7(2)3/h5,7,14H,4,6H2,1-3H3. The predicted molar refractivity (Wildman–Crippen MR) is 61.0 cm³/mol. The van der Waals surface area contributed by atoms with E-state index in [0.717, 1.165) is 11.3 Å². The third kappa shape index (κ3) is 2.18. The minimum absolute atomic E-state index is 0.0214. The average molecular weight is 212 g/mol. The van der Waals surface area contributed by atoms with Crippen LogP contribution in [0.3, 0.4) is 0 Å². The Morgan fingerprint density at radius 1 is 1.57 bits per heavy atom. The fourth-order valence-electron chi connectivity index (χ4n) is 1.23. The van der Waals surface area contributed by atoms with Crippen molar-refractivity contribution in [2.45, 2.75) is 39.0 Å². The van der Waals surface area contributed by atoms with Gasteiger partial charge in [-0.15, -0.1) is 0 Å². The maximum Gasteiger partial charge on any atom is 0.270 e. The first kappa shape index (κ1) is 11.3. The number of aromatic nitrogens is 2. The summed E-state index contributed by atoms with van der Waals surface area (Å²) in [6.45, 7) is 6.66. The summed E-state index contributed by atoms with van der Waals surface area (Å²) in [6, 6.07) is 1.85. The van der Waals surface area contributed by atoms with Crippen molar-refractivity contribution >= 4 is 12.6 Å². The van der Waals surface area contributed by atoms with E-state index in [0.29, 0.717) is 18.2 Å². The molecule has 0 atom stereocenters. The van der Waals surface area contributed by atoms with Crippen molar-refractivity contribution in [3.63, 3.8) is 0 Å². The molecule has 0 saturated carbocycles. The topological polar surface area (TPSA) is 34.9 Å². The molecule has 0 radical (unpaired) electrons. The first-order chi connectivity index (χ1) is 6.60. The zero-order valence-corrected chi connectivity index (χ0v) is 9.71. The summed E-state index contributed by atoms with van der Waals surface area (Å²) in [5.74, 6) is 0.813. The molecule has 3 nitrogen and oxygen atoms in total. The molecule has 0 N–H and O–H groups in total. The van der Waals surface area contributed by atoms with Gasteiger partial charge >= 0.3 is 0 Å². The molecule has 1 heterocycles. The molecule has 0 unspecified atom stereocenters. The highest BCUT2D eigenvalue weighted by Gasteiger charge is 2.08. The van der Waals surface area contributed by atoms with Gasteiger partial charge in [-0.25, -0.2) is 4.68 Å². The van der Waals surface area contributed by atoms with Crippen molar-refractivity contribution in [1.82, 2.24) is 9.78 Å². The van der Waals surface area contributed by atoms with Crippen molar-refractivity contribution in [2.24, 2.45) is 0 Å². The molecule has 0 fully saturated rings. The molecule has 0 amide bonds. The van der Waals surface area contributed by atoms with Gasteiger partial charge in [-0.3, -0.25) is 4.79 Å². The van der Waals surface area contributed by atoms with Crippen LogP contribution in [0.4, 0.5) is 0 Å². The molecule has 0 bridgehead atoms. The smallest absolute Gasteiger partial charge is 0.267 e. The molecular formula is C10H16N2OS. The number of hydrogen-bond acceptors (Lipinski definition) is 3. The quantitative estimate of drug-likeness (QED) is 0.776. The van der Waals surface area contributed by atoms with Crippen LogP contribution in [0.15, 0.2) is 10.9 Å². The van der Waals surface area contributed by atoms with Gasteiger partial charge in [-0.05, 0) is 18.9 Å². The Labute approximate surface area is 89.6 Å². The molecule has 14 heavy (non-hydrogen) atoms. The molecule has 1 rings (SSSR count). The second kappa shape index (κ2) is 4.64. The lowest BCUT2D eigenvalue weighted by Crippen LogP contribution is -2.26. The molecule has 0 spiro atoms. The molecule has 0 aromatic carbocycles. The van der Waals surface area contributed by atoms with Gasteiger partial charge in [0.2, 0.25) is 0 Å². The van der Waals surface area contributed by atoms with Crippen LogP contribution >= 0.6 is 12.6 Å². The fourth-order valence-corrected chi connectivity index (χ4v) is 1.46. The monoisotopic (exact) mass is 212 g/mol. The maximum atomic E-state index is 11.7. The Hall–Kier alpha value is -0.770. The zero-order chi connectivity index (χ0) is 10.7. The lowest BCUT2D eigenvalue weighted by atomic mass is 10.1. The van der Waals surface area contributed by atoms with Crippen molar-refractivity contribution in [1.29, 1.82) is 0 Å². The normalized spacial score (nSPS) is 10.9. The second-order valence-corrected chi connectivity index (χ2v) is 3.84. The highest BCUT2D eigenvalue weighted by molar-refractivity contribution is 7.79. The Bertz CT molecular complexity index is 343. The largest absolute Gasteiger partial charge is 0.270 e. The minimum atomic E-state index is -0.0214. The zero-order valence-electron chi connectivity index (χ0n) is 8.82. The van der Waals surface area contributed by atoms with Gasteiger partial charge in [0, 0.05) is 17.9 Å². The van der Waals surface area contributed by atoms with E-state index in [9.17, 15) is 4.79 Å². The molecule has 4 heteroatoms. The van der Waals surface area contributed by atoms with E-state index >= 15 is 0 Å². The van der Waals surface area contributed by atoms with E-state index in [1.165, 1.54) is 4.68 Å². The summed E-state index contributed by atoms with van der Waals surface area (Å²) >= 11 is 4.14. The van der Waals surface area contributed by atoms with Gasteiger partial charge < -0.3 is 0 Å². The maximum absolute atomic E-state index is 11.7. The highest BCUT2D eigenvalue weighted by atomic mass is 32.1. The van der Waals surface area contributed by atoms with Crippen LogP contribution in [0.2, 0.25) is 0 Å². The third-order valence-corrected chi connectivity index (χ3v) is 2.47. The van der Waals surface area contributed by atoms with Crippen LogP contribution < -0.4 is 5.56 Å². The molecule has 0 aliphatic rings. The summed E-state index contributed by atoms with van der Waals surface area (Å²) in [5.41, 5.74) is 1.66. The number of rotatable bonds is 3. The summed E-state index contributed by atoms with van der Waals surface area (Å²) in [5, 5.41) is 4.27. The van der Waals surface area contributed by atoms with Gasteiger partial charge in [-0.1, -0.05) is 13.8 Å². The molecule has 0 aliphatic heterocycles. The fraction of sp³-hybridized carbons (Fsp3) is 0.600. The van der Waals surface area contributed by atoms with Gasteiger partial charge in [0.25, 0.3) is 5.56 Å². The van der Waals surface area contributed by atoms with Crippen molar-refractivity contribution in [2.75, 3.05) is 0 Å². The SMILES string of the molecule is CCn1nc(C(C)C)cc(CS)c1=O. The molecule has 1 aromatic rings. The van der Waals surface area contributed by atoms with E-state index < -0.39 is 0 Å². The summed E-state index contributed by atoms with van der Waals surface area (Å²) in [4.78, 5) is 11.7. The molecule has 0 aliphatic carbocycles. The average Bonchev–Trinajstić information content (AvgIpc) is 2.17. The predicted octanol–water partition coefficient (Wildman–Crippen LogP) is 1.82. The van der Waals surface area contributed by atoms with Gasteiger partial charge in [0.05, 0.1) is 5.69 Å².